The van der Waals surface area contributed by atoms with E-state index in [1.165, 1.54) is 0 Å². The first-order chi connectivity index (χ1) is 10.4. The molecule has 0 fully saturated rings. The fourth-order valence-electron chi connectivity index (χ4n) is 2.05. The number of hydrogen-bond donors (Lipinski definition) is 0. The van der Waals surface area contributed by atoms with Crippen LogP contribution in [0.25, 0.3) is 4.85 Å². The monoisotopic (exact) mass is 312 g/mol. The van der Waals surface area contributed by atoms with E-state index in [1.807, 2.05) is 30.3 Å². The molecule has 1 aromatic rings. The van der Waals surface area contributed by atoms with Gasteiger partial charge in [0.2, 0.25) is 0 Å². The van der Waals surface area contributed by atoms with Crippen molar-refractivity contribution in [3.05, 3.63) is 46.8 Å². The Hall–Kier alpha value is -2.33. The average molecular weight is 312 g/mol. The Balaban J connectivity index is 3.08. The van der Waals surface area contributed by atoms with Crippen molar-refractivity contribution in [2.24, 2.45) is 0 Å². The Morgan fingerprint density at radius 1 is 1.17 bits per heavy atom. The first-order valence-electron chi connectivity index (χ1n) is 7.56. The van der Waals surface area contributed by atoms with Gasteiger partial charge in [0.05, 0.1) is 6.42 Å². The zero-order valence-corrected chi connectivity index (χ0v) is 14.7. The van der Waals surface area contributed by atoms with Gasteiger partial charge in [0, 0.05) is 0 Å². The zero-order valence-electron chi connectivity index (χ0n) is 14.7. The molecule has 0 aliphatic rings. The van der Waals surface area contributed by atoms with E-state index in [0.29, 0.717) is 0 Å². The minimum Gasteiger partial charge on any atom is -0.453 e. The lowest BCUT2D eigenvalue weighted by Gasteiger charge is -2.23. The number of nitrogens with zero attached hydrogens (tertiary/aromatic N) is 2. The number of ether oxygens (including phenoxy) is 1. The number of nitriles is 1. The van der Waals surface area contributed by atoms with Crippen molar-refractivity contribution >= 4 is 5.97 Å². The van der Waals surface area contributed by atoms with Gasteiger partial charge in [0.25, 0.3) is 0 Å². The molecule has 1 atom stereocenters. The third kappa shape index (κ3) is 4.83. The molecule has 0 radical (unpaired) electrons. The maximum atomic E-state index is 12.3. The Kier molecular flexibility index (Phi) is 5.23. The van der Waals surface area contributed by atoms with Crippen LogP contribution < -0.4 is 0 Å². The van der Waals surface area contributed by atoms with Crippen molar-refractivity contribution < 1.29 is 9.53 Å². The first kappa shape index (κ1) is 18.7. The summed E-state index contributed by atoms with van der Waals surface area (Å²) in [6.07, 6.45) is 0.0202. The second-order valence-corrected chi connectivity index (χ2v) is 7.71. The summed E-state index contributed by atoms with van der Waals surface area (Å²) >= 11 is 0. The van der Waals surface area contributed by atoms with Gasteiger partial charge in [-0.05, 0) is 37.3 Å². The van der Waals surface area contributed by atoms with E-state index in [9.17, 15) is 10.1 Å². The molecule has 0 saturated carbocycles. The molecule has 0 N–H and O–H groups in total. The molecule has 4 nitrogen and oxygen atoms in total. The predicted molar refractivity (Wildman–Crippen MR) is 89.6 cm³/mol. The molecule has 1 aromatic carbocycles. The first-order valence-corrected chi connectivity index (χ1v) is 7.56. The quantitative estimate of drug-likeness (QED) is 0.625. The van der Waals surface area contributed by atoms with Gasteiger partial charge >= 0.3 is 11.5 Å². The van der Waals surface area contributed by atoms with Gasteiger partial charge in [-0.1, -0.05) is 45.0 Å². The smallest absolute Gasteiger partial charge is 0.413 e. The van der Waals surface area contributed by atoms with E-state index in [1.54, 1.807) is 20.8 Å². The van der Waals surface area contributed by atoms with Crippen LogP contribution in [0.1, 0.15) is 52.7 Å². The largest absolute Gasteiger partial charge is 0.453 e. The summed E-state index contributed by atoms with van der Waals surface area (Å²) in [6, 6.07) is 9.52. The van der Waals surface area contributed by atoms with E-state index >= 15 is 0 Å². The van der Waals surface area contributed by atoms with Gasteiger partial charge in [0.1, 0.15) is 5.60 Å². The molecule has 0 bridgehead atoms. The third-order valence-corrected chi connectivity index (χ3v) is 3.39. The highest BCUT2D eigenvalue weighted by Gasteiger charge is 2.49. The number of hydrogen-bond acceptors (Lipinski definition) is 3. The zero-order chi connectivity index (χ0) is 17.9. The standard InChI is InChI=1S/C19H24N2O2/c1-17(2,3)15-10-8-14(9-11-15)12-19(13-20,21-7)16(22)23-18(4,5)6/h8-11H,12H2,1-6H3. The van der Waals surface area contributed by atoms with Crippen molar-refractivity contribution in [3.63, 3.8) is 0 Å². The van der Waals surface area contributed by atoms with Crippen LogP contribution in [-0.4, -0.2) is 17.1 Å². The number of carbonyl (C=O) groups is 1. The summed E-state index contributed by atoms with van der Waals surface area (Å²) in [6.45, 7) is 18.8. The van der Waals surface area contributed by atoms with Crippen molar-refractivity contribution in [2.75, 3.05) is 0 Å². The highest BCUT2D eigenvalue weighted by atomic mass is 16.6. The van der Waals surface area contributed by atoms with Crippen LogP contribution in [0.2, 0.25) is 0 Å². The Labute approximate surface area is 138 Å². The molecule has 4 heteroatoms. The highest BCUT2D eigenvalue weighted by molar-refractivity contribution is 5.87. The lowest BCUT2D eigenvalue weighted by molar-refractivity contribution is -0.157. The van der Waals surface area contributed by atoms with Gasteiger partial charge < -0.3 is 4.74 Å². The molecule has 23 heavy (non-hydrogen) atoms. The maximum absolute atomic E-state index is 12.3. The summed E-state index contributed by atoms with van der Waals surface area (Å²) < 4.78 is 5.26. The van der Waals surface area contributed by atoms with Crippen LogP contribution in [0.4, 0.5) is 0 Å². The van der Waals surface area contributed by atoms with Gasteiger partial charge in [-0.15, -0.1) is 0 Å². The predicted octanol–water partition coefficient (Wildman–Crippen LogP) is 4.05. The van der Waals surface area contributed by atoms with Crippen molar-refractivity contribution in [1.29, 1.82) is 5.26 Å². The van der Waals surface area contributed by atoms with E-state index in [0.717, 1.165) is 11.1 Å². The molecule has 1 unspecified atom stereocenters. The fourth-order valence-corrected chi connectivity index (χ4v) is 2.05. The van der Waals surface area contributed by atoms with Gasteiger partial charge in [-0.2, -0.15) is 5.26 Å². The summed E-state index contributed by atoms with van der Waals surface area (Å²) in [5, 5.41) is 9.42. The van der Waals surface area contributed by atoms with Crippen LogP contribution in [-0.2, 0) is 21.4 Å². The Bertz CT molecular complexity index is 633. The molecule has 0 amide bonds. The highest BCUT2D eigenvalue weighted by Crippen LogP contribution is 2.26. The molecule has 1 rings (SSSR count). The summed E-state index contributed by atoms with van der Waals surface area (Å²) in [5.74, 6) is -0.789. The SMILES string of the molecule is [C-]#[N+]C(C#N)(Cc1ccc(C(C)(C)C)cc1)C(=O)OC(C)(C)C. The molecule has 0 aliphatic carbocycles. The summed E-state index contributed by atoms with van der Waals surface area (Å²) in [4.78, 5) is 15.6. The molecular formula is C19H24N2O2. The van der Waals surface area contributed by atoms with Crippen LogP contribution >= 0.6 is 0 Å². The normalized spacial score (nSPS) is 14.3. The molecule has 0 heterocycles. The van der Waals surface area contributed by atoms with Crippen molar-refractivity contribution in [1.82, 2.24) is 0 Å². The Morgan fingerprint density at radius 2 is 1.70 bits per heavy atom. The number of carbonyl (C=O) groups excluding carboxylic acids is 1. The minimum absolute atomic E-state index is 0.0202. The second kappa shape index (κ2) is 6.42. The molecule has 0 spiro atoms. The number of benzene rings is 1. The van der Waals surface area contributed by atoms with Crippen molar-refractivity contribution in [2.45, 2.75) is 64.5 Å². The molecule has 0 aromatic heterocycles. The Morgan fingerprint density at radius 3 is 2.04 bits per heavy atom. The molecule has 0 aliphatic heterocycles. The van der Waals surface area contributed by atoms with Crippen LogP contribution in [0.3, 0.4) is 0 Å². The topological polar surface area (TPSA) is 54.5 Å². The average Bonchev–Trinajstić information content (AvgIpc) is 2.42. The second-order valence-electron chi connectivity index (χ2n) is 7.71. The molecule has 0 saturated heterocycles. The molecular weight excluding hydrogens is 288 g/mol. The van der Waals surface area contributed by atoms with Crippen molar-refractivity contribution in [3.8, 4) is 6.07 Å². The minimum atomic E-state index is -1.84. The molecule has 122 valence electrons. The van der Waals surface area contributed by atoms with Gasteiger partial charge in [-0.25, -0.2) is 11.4 Å². The number of rotatable bonds is 3. The maximum Gasteiger partial charge on any atom is 0.413 e. The third-order valence-electron chi connectivity index (χ3n) is 3.39. The summed E-state index contributed by atoms with van der Waals surface area (Å²) in [7, 11) is 0. The van der Waals surface area contributed by atoms with E-state index in [-0.39, 0.29) is 11.8 Å². The fraction of sp³-hybridized carbons (Fsp3) is 0.526. The van der Waals surface area contributed by atoms with Crippen LogP contribution in [0.15, 0.2) is 24.3 Å². The van der Waals surface area contributed by atoms with Crippen LogP contribution in [0.5, 0.6) is 0 Å². The number of esters is 1. The lowest BCUT2D eigenvalue weighted by Crippen LogP contribution is -2.41. The summed E-state index contributed by atoms with van der Waals surface area (Å²) in [5.41, 5.74) is -0.628. The van der Waals surface area contributed by atoms with Gasteiger partial charge in [-0.3, -0.25) is 4.85 Å². The van der Waals surface area contributed by atoms with E-state index < -0.39 is 17.1 Å². The van der Waals surface area contributed by atoms with E-state index in [2.05, 4.69) is 25.6 Å². The van der Waals surface area contributed by atoms with Crippen LogP contribution in [0, 0.1) is 17.9 Å². The van der Waals surface area contributed by atoms with E-state index in [4.69, 9.17) is 11.3 Å². The van der Waals surface area contributed by atoms with Gasteiger partial charge in [0.15, 0.2) is 6.07 Å². The lowest BCUT2D eigenvalue weighted by atomic mass is 9.85.